The third kappa shape index (κ3) is 3.87. The van der Waals surface area contributed by atoms with Gasteiger partial charge in [0.05, 0.1) is 38.2 Å². The van der Waals surface area contributed by atoms with Crippen molar-refractivity contribution in [3.8, 4) is 23.1 Å². The summed E-state index contributed by atoms with van der Waals surface area (Å²) in [4.78, 5) is 24.5. The Morgan fingerprint density at radius 3 is 2.47 bits per heavy atom. The lowest BCUT2D eigenvalue weighted by Gasteiger charge is -2.37. The molecule has 0 aromatic carbocycles. The van der Waals surface area contributed by atoms with Crippen molar-refractivity contribution >= 4 is 17.4 Å². The fourth-order valence-electron chi connectivity index (χ4n) is 4.69. The van der Waals surface area contributed by atoms with Crippen LogP contribution < -0.4 is 14.4 Å². The SMILES string of the molecule is COc1ncc(-c2cc(N3C[C@H](N(C(=O)O)C4(C(F)(F)F)CC4)C(F)(F)C3)c3ncc(F)n3n2)c(OC)n1. The molecule has 1 saturated carbocycles. The predicted molar refractivity (Wildman–Crippen MR) is 116 cm³/mol. The zero-order chi connectivity index (χ0) is 27.6. The molecule has 5 rings (SSSR count). The van der Waals surface area contributed by atoms with E-state index in [1.165, 1.54) is 26.5 Å². The Hall–Kier alpha value is -4.05. The van der Waals surface area contributed by atoms with Crippen LogP contribution in [0.2, 0.25) is 0 Å². The Balaban J connectivity index is 1.60. The summed E-state index contributed by atoms with van der Waals surface area (Å²) < 4.78 is 97.2. The predicted octanol–water partition coefficient (Wildman–Crippen LogP) is 3.24. The molecule has 1 aliphatic heterocycles. The van der Waals surface area contributed by atoms with Crippen LogP contribution in [0.1, 0.15) is 12.8 Å². The van der Waals surface area contributed by atoms with E-state index in [0.717, 1.165) is 11.1 Å². The summed E-state index contributed by atoms with van der Waals surface area (Å²) in [5, 5.41) is 13.7. The summed E-state index contributed by atoms with van der Waals surface area (Å²) in [5.74, 6) is -4.89. The standard InChI is InChI=1S/C21H19F6N7O4/c1-37-16-10(6-29-17(30-16)38-2)11-5-12(15-28-7-14(22)34(15)31-11)32-8-13(20(23,24)9-32)33(18(35)36)19(3-4-19)21(25,26)27/h5-7,13H,3-4,8-9H2,1-2H3,(H,35,36)/t13-/m0/s1. The minimum absolute atomic E-state index is 0.0419. The summed E-state index contributed by atoms with van der Waals surface area (Å²) >= 11 is 0. The smallest absolute Gasteiger partial charge is 0.411 e. The second kappa shape index (κ2) is 8.49. The number of methoxy groups -OCH3 is 2. The average Bonchev–Trinajstić information content (AvgIpc) is 3.50. The molecule has 4 heterocycles. The maximum atomic E-state index is 15.2. The molecule has 0 radical (unpaired) electrons. The summed E-state index contributed by atoms with van der Waals surface area (Å²) in [6.45, 7) is -1.97. The van der Waals surface area contributed by atoms with Crippen molar-refractivity contribution in [1.29, 1.82) is 0 Å². The van der Waals surface area contributed by atoms with E-state index in [9.17, 15) is 27.5 Å². The van der Waals surface area contributed by atoms with E-state index in [1.807, 2.05) is 0 Å². The lowest BCUT2D eigenvalue weighted by Crippen LogP contribution is -2.60. The quantitative estimate of drug-likeness (QED) is 0.464. The molecule has 17 heteroatoms. The van der Waals surface area contributed by atoms with Gasteiger partial charge in [0.1, 0.15) is 17.3 Å². The number of imidazole rings is 1. The molecule has 204 valence electrons. The number of alkyl halides is 5. The number of aromatic nitrogens is 5. The molecule has 0 unspecified atom stereocenters. The van der Waals surface area contributed by atoms with Gasteiger partial charge in [-0.25, -0.2) is 23.5 Å². The third-order valence-corrected chi connectivity index (χ3v) is 6.64. The highest BCUT2D eigenvalue weighted by Crippen LogP contribution is 2.56. The molecule has 2 aliphatic rings. The third-order valence-electron chi connectivity index (χ3n) is 6.64. The van der Waals surface area contributed by atoms with E-state index in [2.05, 4.69) is 20.1 Å². The number of hydrogen-bond donors (Lipinski definition) is 1. The van der Waals surface area contributed by atoms with Gasteiger partial charge in [-0.2, -0.15) is 32.2 Å². The Bertz CT molecular complexity index is 1410. The first-order valence-electron chi connectivity index (χ1n) is 11.0. The van der Waals surface area contributed by atoms with Gasteiger partial charge in [-0.15, -0.1) is 0 Å². The van der Waals surface area contributed by atoms with Gasteiger partial charge in [0.15, 0.2) is 5.65 Å². The number of carbonyl (C=O) groups is 1. The highest BCUT2D eigenvalue weighted by atomic mass is 19.4. The first-order valence-corrected chi connectivity index (χ1v) is 11.0. The maximum Gasteiger partial charge on any atom is 0.411 e. The van der Waals surface area contributed by atoms with Crippen molar-refractivity contribution in [1.82, 2.24) is 29.5 Å². The van der Waals surface area contributed by atoms with Crippen LogP contribution in [0.4, 0.5) is 36.8 Å². The Morgan fingerprint density at radius 2 is 1.89 bits per heavy atom. The topological polar surface area (TPSA) is 118 Å². The van der Waals surface area contributed by atoms with Crippen molar-refractivity contribution < 1.29 is 45.7 Å². The van der Waals surface area contributed by atoms with Gasteiger partial charge in [-0.05, 0) is 18.9 Å². The number of anilines is 1. The van der Waals surface area contributed by atoms with E-state index in [1.54, 1.807) is 0 Å². The molecule has 1 aliphatic carbocycles. The van der Waals surface area contributed by atoms with E-state index in [-0.39, 0.29) is 39.4 Å². The van der Waals surface area contributed by atoms with Crippen LogP contribution in [-0.4, -0.2) is 91.7 Å². The molecule has 1 N–H and O–H groups in total. The van der Waals surface area contributed by atoms with Gasteiger partial charge >= 0.3 is 18.3 Å². The first kappa shape index (κ1) is 25.6. The van der Waals surface area contributed by atoms with E-state index in [0.29, 0.717) is 4.52 Å². The molecule has 1 atom stereocenters. The second-order valence-corrected chi connectivity index (χ2v) is 8.85. The van der Waals surface area contributed by atoms with E-state index in [4.69, 9.17) is 9.47 Å². The minimum Gasteiger partial charge on any atom is -0.480 e. The number of fused-ring (bicyclic) bond motifs is 1. The van der Waals surface area contributed by atoms with Crippen LogP contribution in [-0.2, 0) is 0 Å². The first-order chi connectivity index (χ1) is 17.8. The van der Waals surface area contributed by atoms with Crippen LogP contribution in [0.3, 0.4) is 0 Å². The molecule has 1 amide bonds. The fraction of sp³-hybridized carbons (Fsp3) is 0.476. The van der Waals surface area contributed by atoms with Gasteiger partial charge in [0.25, 0.3) is 5.92 Å². The van der Waals surface area contributed by atoms with Crippen LogP contribution in [0.5, 0.6) is 11.9 Å². The molecule has 11 nitrogen and oxygen atoms in total. The van der Waals surface area contributed by atoms with Crippen molar-refractivity contribution in [2.24, 2.45) is 0 Å². The largest absolute Gasteiger partial charge is 0.480 e. The van der Waals surface area contributed by atoms with Gasteiger partial charge < -0.3 is 19.5 Å². The number of nitrogens with zero attached hydrogens (tertiary/aromatic N) is 7. The maximum absolute atomic E-state index is 15.2. The Kier molecular flexibility index (Phi) is 5.72. The summed E-state index contributed by atoms with van der Waals surface area (Å²) in [6, 6.07) is -1.15. The van der Waals surface area contributed by atoms with Gasteiger partial charge in [-0.1, -0.05) is 0 Å². The molecule has 3 aromatic heterocycles. The van der Waals surface area contributed by atoms with Crippen molar-refractivity contribution in [3.63, 3.8) is 0 Å². The van der Waals surface area contributed by atoms with Gasteiger partial charge in [-0.3, -0.25) is 4.90 Å². The normalized spacial score (nSPS) is 20.0. The number of ether oxygens (including phenoxy) is 2. The highest BCUT2D eigenvalue weighted by Gasteiger charge is 2.72. The minimum atomic E-state index is -5.04. The molecule has 38 heavy (non-hydrogen) atoms. The van der Waals surface area contributed by atoms with E-state index < -0.39 is 61.7 Å². The zero-order valence-electron chi connectivity index (χ0n) is 19.7. The lowest BCUT2D eigenvalue weighted by atomic mass is 10.1. The number of amides is 1. The zero-order valence-corrected chi connectivity index (χ0v) is 19.7. The lowest BCUT2D eigenvalue weighted by molar-refractivity contribution is -0.204. The van der Waals surface area contributed by atoms with Crippen LogP contribution in [0.25, 0.3) is 16.9 Å². The number of hydrogen-bond acceptors (Lipinski definition) is 8. The number of carboxylic acid groups (broad SMARTS) is 1. The molecule has 0 spiro atoms. The van der Waals surface area contributed by atoms with Crippen molar-refractivity contribution in [2.45, 2.75) is 36.5 Å². The number of halogens is 6. The highest BCUT2D eigenvalue weighted by molar-refractivity contribution is 5.77. The molecular weight excluding hydrogens is 528 g/mol. The Labute approximate surface area is 209 Å². The van der Waals surface area contributed by atoms with E-state index >= 15 is 8.78 Å². The fourth-order valence-corrected chi connectivity index (χ4v) is 4.69. The van der Waals surface area contributed by atoms with Gasteiger partial charge in [0, 0.05) is 12.7 Å². The molecule has 3 aromatic rings. The van der Waals surface area contributed by atoms with Crippen LogP contribution in [0, 0.1) is 5.95 Å². The summed E-state index contributed by atoms with van der Waals surface area (Å²) in [7, 11) is 2.59. The van der Waals surface area contributed by atoms with Crippen LogP contribution in [0.15, 0.2) is 18.5 Å². The van der Waals surface area contributed by atoms with Crippen LogP contribution >= 0.6 is 0 Å². The average molecular weight is 547 g/mol. The second-order valence-electron chi connectivity index (χ2n) is 8.85. The summed E-state index contributed by atoms with van der Waals surface area (Å²) in [6.07, 6.45) is -6.37. The van der Waals surface area contributed by atoms with Crippen molar-refractivity contribution in [3.05, 3.63) is 24.4 Å². The van der Waals surface area contributed by atoms with Gasteiger partial charge in [0.2, 0.25) is 11.8 Å². The molecular formula is C21H19F6N7O4. The molecule has 0 bridgehead atoms. The summed E-state index contributed by atoms with van der Waals surface area (Å²) in [5.41, 5.74) is -3.15. The van der Waals surface area contributed by atoms with Crippen molar-refractivity contribution in [2.75, 3.05) is 32.2 Å². The number of rotatable bonds is 6. The Morgan fingerprint density at radius 1 is 1.18 bits per heavy atom. The molecule has 1 saturated heterocycles. The molecule has 2 fully saturated rings. The monoisotopic (exact) mass is 547 g/mol.